The van der Waals surface area contributed by atoms with E-state index in [-0.39, 0.29) is 53.8 Å². The second kappa shape index (κ2) is 18.3. The van der Waals surface area contributed by atoms with Crippen molar-refractivity contribution in [1.82, 2.24) is 35.4 Å². The number of urea groups is 1. The summed E-state index contributed by atoms with van der Waals surface area (Å²) < 4.78 is 23.6. The van der Waals surface area contributed by atoms with Crippen LogP contribution in [0.4, 0.5) is 20.7 Å². The number of carbonyl (C=O) groups excluding carboxylic acids is 3. The van der Waals surface area contributed by atoms with Crippen molar-refractivity contribution in [3.05, 3.63) is 76.7 Å². The molecular weight excluding hydrogens is 849 g/mol. The first-order valence-electron chi connectivity index (χ1n) is 23.3. The summed E-state index contributed by atoms with van der Waals surface area (Å²) in [5.74, 6) is 0.207. The van der Waals surface area contributed by atoms with E-state index in [1.807, 2.05) is 23.1 Å². The monoisotopic (exact) mass is 903 g/mol. The fourth-order valence-corrected chi connectivity index (χ4v) is 11.1. The summed E-state index contributed by atoms with van der Waals surface area (Å²) >= 11 is 6.43. The summed E-state index contributed by atoms with van der Waals surface area (Å²) in [4.78, 5) is 60.2. The zero-order valence-electron chi connectivity index (χ0n) is 36.7. The van der Waals surface area contributed by atoms with Gasteiger partial charge in [0.25, 0.3) is 5.91 Å². The molecular formula is C49H55ClFN9O5. The average molecular weight is 904 g/mol. The minimum Gasteiger partial charge on any atom is -0.508 e. The molecule has 4 amide bonds. The minimum absolute atomic E-state index is 0.0439. The van der Waals surface area contributed by atoms with Gasteiger partial charge in [0.1, 0.15) is 29.4 Å². The Balaban J connectivity index is 0.797. The van der Waals surface area contributed by atoms with Gasteiger partial charge in [-0.05, 0) is 123 Å². The highest BCUT2D eigenvalue weighted by Gasteiger charge is 2.35. The number of halogens is 2. The molecule has 2 aromatic heterocycles. The van der Waals surface area contributed by atoms with E-state index in [1.54, 1.807) is 36.5 Å². The Morgan fingerprint density at radius 1 is 0.985 bits per heavy atom. The average Bonchev–Trinajstić information content (AvgIpc) is 3.91. The van der Waals surface area contributed by atoms with Crippen molar-refractivity contribution in [2.24, 2.45) is 5.92 Å². The van der Waals surface area contributed by atoms with E-state index in [4.69, 9.17) is 31.3 Å². The molecule has 14 nitrogen and oxygen atoms in total. The van der Waals surface area contributed by atoms with E-state index in [9.17, 15) is 19.5 Å². The SMILES string of the molecule is CCc1cccc2cc(O)cc(-c3ncc4c(N5CC6CCC(C5)N6)nc(OC[C@@H]5CCCN5CCCC5CCN(C(=O)c6ccc(Cl)c(N7CCC(=O)NC7=O)c6)CC5)nc4c3F)c12. The van der Waals surface area contributed by atoms with Crippen LogP contribution in [0.15, 0.2) is 54.7 Å². The van der Waals surface area contributed by atoms with Gasteiger partial charge in [0.05, 0.1) is 16.1 Å². The molecule has 0 saturated carbocycles. The summed E-state index contributed by atoms with van der Waals surface area (Å²) in [5.41, 5.74) is 2.75. The number of likely N-dealkylation sites (tertiary alicyclic amines) is 2. The number of aryl methyl sites for hydroxylation is 1. The first kappa shape index (κ1) is 43.3. The predicted molar refractivity (Wildman–Crippen MR) is 248 cm³/mol. The molecule has 3 N–H and O–H groups in total. The number of carbonyl (C=O) groups is 3. The Morgan fingerprint density at radius 2 is 1.80 bits per heavy atom. The smallest absolute Gasteiger partial charge is 0.328 e. The van der Waals surface area contributed by atoms with Crippen molar-refractivity contribution in [3.63, 3.8) is 0 Å². The molecule has 5 aliphatic rings. The van der Waals surface area contributed by atoms with Gasteiger partial charge in [-0.15, -0.1) is 0 Å². The first-order valence-corrected chi connectivity index (χ1v) is 23.7. The topological polar surface area (TPSA) is 156 Å². The van der Waals surface area contributed by atoms with Gasteiger partial charge in [0.15, 0.2) is 5.82 Å². The standard InChI is InChI=1S/C49H55ClFN9O5/c1-2-30-7-3-8-31-22-36(61)24-37(42(30)31)44-43(51)45-38(25-52-44)46(59-26-33-11-12-34(27-59)53-33)56-48(55-45)65-28-35-9-5-18-57(35)17-4-6-29-14-19-58(20-15-29)47(63)32-10-13-39(50)40(23-32)60-21-16-41(62)54-49(60)64/h3,7-8,10,13,22-25,29,33-35,53,61H,2,4-6,9,11-12,14-21,26-28H2,1H3,(H,54,62,64)/t33?,34?,35-/m0/s1. The first-order chi connectivity index (χ1) is 31.6. The second-order valence-electron chi connectivity index (χ2n) is 18.4. The number of benzene rings is 3. The number of aromatic nitrogens is 3. The maximum Gasteiger partial charge on any atom is 0.328 e. The van der Waals surface area contributed by atoms with Crippen molar-refractivity contribution in [2.75, 3.05) is 62.2 Å². The third kappa shape index (κ3) is 8.77. The molecule has 5 saturated heterocycles. The van der Waals surface area contributed by atoms with Crippen LogP contribution < -0.4 is 25.2 Å². The Bertz CT molecular complexity index is 2650. The lowest BCUT2D eigenvalue weighted by molar-refractivity contribution is -0.120. The van der Waals surface area contributed by atoms with Crippen LogP contribution in [-0.2, 0) is 11.2 Å². The lowest BCUT2D eigenvalue weighted by Gasteiger charge is -2.34. The number of hydrogen-bond donors (Lipinski definition) is 3. The molecule has 0 spiro atoms. The molecule has 340 valence electrons. The number of phenols is 1. The molecule has 5 fully saturated rings. The fraction of sp³-hybridized carbons (Fsp3) is 0.469. The molecule has 3 aromatic carbocycles. The van der Waals surface area contributed by atoms with E-state index >= 15 is 4.39 Å². The van der Waals surface area contributed by atoms with Gasteiger partial charge >= 0.3 is 12.0 Å². The molecule has 65 heavy (non-hydrogen) atoms. The van der Waals surface area contributed by atoms with Gasteiger partial charge < -0.3 is 25.0 Å². The van der Waals surface area contributed by atoms with E-state index < -0.39 is 11.8 Å². The normalized spacial score (nSPS) is 21.8. The van der Waals surface area contributed by atoms with Crippen molar-refractivity contribution in [2.45, 2.75) is 89.3 Å². The lowest BCUT2D eigenvalue weighted by Crippen LogP contribution is -2.51. The third-order valence-corrected chi connectivity index (χ3v) is 14.6. The number of anilines is 2. The quantitative estimate of drug-likeness (QED) is 0.114. The van der Waals surface area contributed by atoms with Gasteiger partial charge in [-0.2, -0.15) is 9.97 Å². The van der Waals surface area contributed by atoms with E-state index in [2.05, 4.69) is 27.4 Å². The summed E-state index contributed by atoms with van der Waals surface area (Å²) in [6.45, 7) is 7.40. The molecule has 3 atom stereocenters. The van der Waals surface area contributed by atoms with Crippen molar-refractivity contribution >= 4 is 62.6 Å². The number of nitrogens with zero attached hydrogens (tertiary/aromatic N) is 7. The Hall–Kier alpha value is -5.64. The molecule has 5 aliphatic heterocycles. The van der Waals surface area contributed by atoms with Gasteiger partial charge in [0, 0.05) is 74.6 Å². The summed E-state index contributed by atoms with van der Waals surface area (Å²) in [5, 5.41) is 19.3. The summed E-state index contributed by atoms with van der Waals surface area (Å²) in [6, 6.07) is 14.6. The van der Waals surface area contributed by atoms with Gasteiger partial charge in [-0.1, -0.05) is 36.7 Å². The van der Waals surface area contributed by atoms with Crippen molar-refractivity contribution < 1.29 is 28.6 Å². The molecule has 5 aromatic rings. The van der Waals surface area contributed by atoms with Crippen LogP contribution in [0.2, 0.25) is 5.02 Å². The Kier molecular flexibility index (Phi) is 12.2. The number of piperazine rings is 1. The number of ether oxygens (including phenoxy) is 1. The van der Waals surface area contributed by atoms with E-state index in [0.29, 0.717) is 70.7 Å². The molecule has 2 unspecified atom stereocenters. The Labute approximate surface area is 382 Å². The highest BCUT2D eigenvalue weighted by atomic mass is 35.5. The van der Waals surface area contributed by atoms with Gasteiger partial charge in [0.2, 0.25) is 5.91 Å². The molecule has 16 heteroatoms. The second-order valence-corrected chi connectivity index (χ2v) is 18.8. The molecule has 0 radical (unpaired) electrons. The van der Waals surface area contributed by atoms with Crippen molar-refractivity contribution in [1.29, 1.82) is 0 Å². The van der Waals surface area contributed by atoms with E-state index in [1.165, 1.54) is 4.90 Å². The largest absolute Gasteiger partial charge is 0.508 e. The number of phenolic OH excluding ortho intramolecular Hbond substituents is 1. The highest BCUT2D eigenvalue weighted by Crippen LogP contribution is 2.39. The molecule has 7 heterocycles. The van der Waals surface area contributed by atoms with Crippen LogP contribution in [0, 0.1) is 11.7 Å². The van der Waals surface area contributed by atoms with Gasteiger partial charge in [-0.25, -0.2) is 9.18 Å². The van der Waals surface area contributed by atoms with Crippen LogP contribution in [0.25, 0.3) is 32.9 Å². The third-order valence-electron chi connectivity index (χ3n) is 14.2. The van der Waals surface area contributed by atoms with Crippen LogP contribution >= 0.6 is 11.6 Å². The van der Waals surface area contributed by atoms with Crippen LogP contribution in [-0.4, -0.2) is 118 Å². The number of pyridine rings is 1. The number of imide groups is 1. The Morgan fingerprint density at radius 3 is 2.58 bits per heavy atom. The van der Waals surface area contributed by atoms with Crippen molar-refractivity contribution in [3.8, 4) is 23.0 Å². The zero-order valence-corrected chi connectivity index (χ0v) is 37.5. The van der Waals surface area contributed by atoms with E-state index in [0.717, 1.165) is 100 Å². The number of piperidine rings is 1. The lowest BCUT2D eigenvalue weighted by atomic mass is 9.91. The van der Waals surface area contributed by atoms with Crippen LogP contribution in [0.3, 0.4) is 0 Å². The number of fused-ring (bicyclic) bond motifs is 4. The van der Waals surface area contributed by atoms with Gasteiger partial charge in [-0.3, -0.25) is 29.7 Å². The molecule has 2 bridgehead atoms. The summed E-state index contributed by atoms with van der Waals surface area (Å²) in [7, 11) is 0. The maximum atomic E-state index is 17.1. The fourth-order valence-electron chi connectivity index (χ4n) is 10.8. The highest BCUT2D eigenvalue weighted by molar-refractivity contribution is 6.34. The zero-order chi connectivity index (χ0) is 44.8. The van der Waals surface area contributed by atoms with Crippen LogP contribution in [0.1, 0.15) is 80.6 Å². The minimum atomic E-state index is -0.563. The molecule has 0 aliphatic carbocycles. The van der Waals surface area contributed by atoms with Crippen LogP contribution in [0.5, 0.6) is 11.8 Å². The molecule has 10 rings (SSSR count). The summed E-state index contributed by atoms with van der Waals surface area (Å²) in [6.07, 6.45) is 10.7. The number of amides is 4. The number of rotatable bonds is 12. The number of aromatic hydroxyl groups is 1. The predicted octanol–water partition coefficient (Wildman–Crippen LogP) is 7.47. The number of hydrogen-bond acceptors (Lipinski definition) is 11. The number of nitrogens with one attached hydrogen (secondary N) is 2. The maximum absolute atomic E-state index is 17.1.